The van der Waals surface area contributed by atoms with Crippen LogP contribution in [0.3, 0.4) is 0 Å². The van der Waals surface area contributed by atoms with Crippen LogP contribution in [0.2, 0.25) is 0 Å². The molecular weight excluding hydrogens is 264 g/mol. The molecule has 0 saturated heterocycles. The average Bonchev–Trinajstić information content (AvgIpc) is 2.97. The minimum Gasteiger partial charge on any atom is -0.399 e. The Bertz CT molecular complexity index is 548. The molecule has 0 spiro atoms. The zero-order valence-electron chi connectivity index (χ0n) is 12.3. The van der Waals surface area contributed by atoms with Gasteiger partial charge in [-0.25, -0.2) is 4.98 Å². The first-order valence-corrected chi connectivity index (χ1v) is 7.23. The molecule has 0 bridgehead atoms. The highest BCUT2D eigenvalue weighted by molar-refractivity contribution is 5.76. The minimum atomic E-state index is 0.0879. The van der Waals surface area contributed by atoms with E-state index in [0.717, 1.165) is 24.2 Å². The number of nitrogens with zero attached hydrogens (tertiary/aromatic N) is 2. The molecule has 5 nitrogen and oxygen atoms in total. The van der Waals surface area contributed by atoms with E-state index in [2.05, 4.69) is 17.2 Å². The Morgan fingerprint density at radius 1 is 1.38 bits per heavy atom. The number of hydrogen-bond donors (Lipinski definition) is 2. The molecule has 3 N–H and O–H groups in total. The van der Waals surface area contributed by atoms with E-state index in [1.165, 1.54) is 0 Å². The number of amides is 1. The van der Waals surface area contributed by atoms with Crippen LogP contribution >= 0.6 is 0 Å². The molecule has 1 heterocycles. The smallest absolute Gasteiger partial charge is 0.220 e. The van der Waals surface area contributed by atoms with Crippen molar-refractivity contribution in [1.29, 1.82) is 0 Å². The first-order chi connectivity index (χ1) is 10.1. The van der Waals surface area contributed by atoms with Crippen molar-refractivity contribution < 1.29 is 4.79 Å². The Labute approximate surface area is 125 Å². The van der Waals surface area contributed by atoms with Gasteiger partial charge in [-0.3, -0.25) is 4.79 Å². The van der Waals surface area contributed by atoms with Crippen molar-refractivity contribution in [2.24, 2.45) is 0 Å². The van der Waals surface area contributed by atoms with Crippen LogP contribution in [-0.2, 0) is 11.3 Å². The van der Waals surface area contributed by atoms with Crippen LogP contribution in [0, 0.1) is 0 Å². The fraction of sp³-hybridized carbons (Fsp3) is 0.375. The topological polar surface area (TPSA) is 72.9 Å². The number of benzene rings is 1. The van der Waals surface area contributed by atoms with Crippen LogP contribution in [0.15, 0.2) is 43.0 Å². The van der Waals surface area contributed by atoms with Crippen molar-refractivity contribution in [2.75, 3.05) is 12.3 Å². The molecule has 1 amide bonds. The summed E-state index contributed by atoms with van der Waals surface area (Å²) < 4.78 is 2.00. The maximum Gasteiger partial charge on any atom is 0.220 e. The zero-order valence-corrected chi connectivity index (χ0v) is 12.3. The number of aromatic nitrogens is 2. The second-order valence-corrected chi connectivity index (χ2v) is 5.28. The number of aryl methyl sites for hydroxylation is 1. The molecule has 5 heteroatoms. The van der Waals surface area contributed by atoms with Crippen molar-refractivity contribution in [3.8, 4) is 0 Å². The van der Waals surface area contributed by atoms with Gasteiger partial charge in [-0.05, 0) is 30.0 Å². The van der Waals surface area contributed by atoms with Crippen LogP contribution in [0.25, 0.3) is 0 Å². The summed E-state index contributed by atoms with van der Waals surface area (Å²) in [6, 6.07) is 7.70. The first-order valence-electron chi connectivity index (χ1n) is 7.23. The maximum absolute atomic E-state index is 11.9. The second-order valence-electron chi connectivity index (χ2n) is 5.28. The zero-order chi connectivity index (χ0) is 15.1. The second kappa shape index (κ2) is 7.47. The lowest BCUT2D eigenvalue weighted by atomic mass is 9.97. The third kappa shape index (κ3) is 4.95. The molecule has 0 aliphatic heterocycles. The fourth-order valence-electron chi connectivity index (χ4n) is 2.20. The van der Waals surface area contributed by atoms with E-state index in [1.54, 1.807) is 12.5 Å². The van der Waals surface area contributed by atoms with E-state index >= 15 is 0 Å². The van der Waals surface area contributed by atoms with Crippen molar-refractivity contribution in [2.45, 2.75) is 32.2 Å². The number of nitrogens with two attached hydrogens (primary N) is 1. The van der Waals surface area contributed by atoms with Gasteiger partial charge in [0.2, 0.25) is 5.91 Å². The summed E-state index contributed by atoms with van der Waals surface area (Å²) in [5, 5.41) is 2.96. The van der Waals surface area contributed by atoms with E-state index in [-0.39, 0.29) is 11.8 Å². The molecule has 1 atom stereocenters. The van der Waals surface area contributed by atoms with Gasteiger partial charge in [0.15, 0.2) is 0 Å². The lowest BCUT2D eigenvalue weighted by molar-refractivity contribution is -0.121. The predicted octanol–water partition coefficient (Wildman–Crippen LogP) is 2.17. The summed E-state index contributed by atoms with van der Waals surface area (Å²) in [4.78, 5) is 15.9. The van der Waals surface area contributed by atoms with E-state index < -0.39 is 0 Å². The maximum atomic E-state index is 11.9. The number of carbonyl (C=O) groups excluding carboxylic acids is 1. The van der Waals surface area contributed by atoms with Gasteiger partial charge in [0, 0.05) is 37.6 Å². The standard InChI is InChI=1S/C16H22N4O/c1-13(14-3-5-15(17)6-4-14)11-16(21)19-7-2-9-20-10-8-18-12-20/h3-6,8,10,12-13H,2,7,9,11,17H2,1H3,(H,19,21). The van der Waals surface area contributed by atoms with Gasteiger partial charge in [-0.2, -0.15) is 0 Å². The van der Waals surface area contributed by atoms with Crippen molar-refractivity contribution in [1.82, 2.24) is 14.9 Å². The fourth-order valence-corrected chi connectivity index (χ4v) is 2.20. The molecule has 112 valence electrons. The van der Waals surface area contributed by atoms with Gasteiger partial charge in [0.1, 0.15) is 0 Å². The van der Waals surface area contributed by atoms with Gasteiger partial charge in [0.05, 0.1) is 6.33 Å². The van der Waals surface area contributed by atoms with Gasteiger partial charge >= 0.3 is 0 Å². The monoisotopic (exact) mass is 286 g/mol. The molecule has 1 aromatic carbocycles. The molecule has 0 radical (unpaired) electrons. The Morgan fingerprint density at radius 2 is 2.14 bits per heavy atom. The number of rotatable bonds is 7. The Balaban J connectivity index is 1.67. The number of anilines is 1. The summed E-state index contributed by atoms with van der Waals surface area (Å²) in [5.41, 5.74) is 7.55. The van der Waals surface area contributed by atoms with E-state index in [1.807, 2.05) is 35.0 Å². The summed E-state index contributed by atoms with van der Waals surface area (Å²) in [6.45, 7) is 3.61. The van der Waals surface area contributed by atoms with Crippen LogP contribution in [-0.4, -0.2) is 22.0 Å². The van der Waals surface area contributed by atoms with Gasteiger partial charge < -0.3 is 15.6 Å². The molecule has 1 aromatic heterocycles. The number of hydrogen-bond acceptors (Lipinski definition) is 3. The highest BCUT2D eigenvalue weighted by atomic mass is 16.1. The normalized spacial score (nSPS) is 12.0. The lowest BCUT2D eigenvalue weighted by Gasteiger charge is -2.12. The van der Waals surface area contributed by atoms with Crippen molar-refractivity contribution in [3.05, 3.63) is 48.5 Å². The highest BCUT2D eigenvalue weighted by Crippen LogP contribution is 2.19. The molecule has 1 unspecified atom stereocenters. The predicted molar refractivity (Wildman–Crippen MR) is 83.7 cm³/mol. The Morgan fingerprint density at radius 3 is 2.81 bits per heavy atom. The van der Waals surface area contributed by atoms with Crippen molar-refractivity contribution in [3.63, 3.8) is 0 Å². The van der Waals surface area contributed by atoms with Gasteiger partial charge in [-0.1, -0.05) is 19.1 Å². The van der Waals surface area contributed by atoms with E-state index in [0.29, 0.717) is 13.0 Å². The molecule has 0 fully saturated rings. The molecule has 2 rings (SSSR count). The van der Waals surface area contributed by atoms with Crippen LogP contribution in [0.4, 0.5) is 5.69 Å². The minimum absolute atomic E-state index is 0.0879. The first kappa shape index (κ1) is 15.1. The van der Waals surface area contributed by atoms with Gasteiger partial charge in [-0.15, -0.1) is 0 Å². The summed E-state index contributed by atoms with van der Waals surface area (Å²) in [5.74, 6) is 0.282. The Hall–Kier alpha value is -2.30. The number of carbonyl (C=O) groups is 1. The van der Waals surface area contributed by atoms with Crippen molar-refractivity contribution >= 4 is 11.6 Å². The largest absolute Gasteiger partial charge is 0.399 e. The Kier molecular flexibility index (Phi) is 5.37. The van der Waals surface area contributed by atoms with Crippen LogP contribution in [0.1, 0.15) is 31.2 Å². The molecular formula is C16H22N4O. The summed E-state index contributed by atoms with van der Waals surface area (Å²) in [7, 11) is 0. The third-order valence-electron chi connectivity index (χ3n) is 3.47. The number of imidazole rings is 1. The highest BCUT2D eigenvalue weighted by Gasteiger charge is 2.10. The molecule has 21 heavy (non-hydrogen) atoms. The summed E-state index contributed by atoms with van der Waals surface area (Å²) >= 11 is 0. The van der Waals surface area contributed by atoms with Crippen LogP contribution in [0.5, 0.6) is 0 Å². The van der Waals surface area contributed by atoms with Gasteiger partial charge in [0.25, 0.3) is 0 Å². The van der Waals surface area contributed by atoms with E-state index in [4.69, 9.17) is 5.73 Å². The van der Waals surface area contributed by atoms with E-state index in [9.17, 15) is 4.79 Å². The molecule has 0 aliphatic rings. The number of nitrogens with one attached hydrogen (secondary N) is 1. The quantitative estimate of drug-likeness (QED) is 0.605. The molecule has 2 aromatic rings. The third-order valence-corrected chi connectivity index (χ3v) is 3.47. The average molecular weight is 286 g/mol. The lowest BCUT2D eigenvalue weighted by Crippen LogP contribution is -2.26. The SMILES string of the molecule is CC(CC(=O)NCCCn1ccnc1)c1ccc(N)cc1. The summed E-state index contributed by atoms with van der Waals surface area (Å²) in [6.07, 6.45) is 6.86. The van der Waals surface area contributed by atoms with Crippen LogP contribution < -0.4 is 11.1 Å². The molecule has 0 aliphatic carbocycles. The number of nitrogen functional groups attached to an aromatic ring is 1. The molecule has 0 saturated carbocycles.